The van der Waals surface area contributed by atoms with Crippen molar-refractivity contribution >= 4 is 0 Å². The monoisotopic (exact) mass is 341 g/mol. The fourth-order valence-corrected chi connectivity index (χ4v) is 2.72. The maximum absolute atomic E-state index is 14.0. The summed E-state index contributed by atoms with van der Waals surface area (Å²) in [6.07, 6.45) is -4.61. The Hall–Kier alpha value is -2.22. The predicted octanol–water partition coefficient (Wildman–Crippen LogP) is 3.18. The predicted molar refractivity (Wildman–Crippen MR) is 79.1 cm³/mol. The zero-order valence-corrected chi connectivity index (χ0v) is 13.0. The quantitative estimate of drug-likeness (QED) is 0.853. The molecule has 0 aliphatic carbocycles. The first-order valence-corrected chi connectivity index (χ1v) is 7.32. The average molecular weight is 341 g/mol. The molecule has 1 atom stereocenters. The van der Waals surface area contributed by atoms with Crippen molar-refractivity contribution in [2.24, 2.45) is 5.73 Å². The Labute approximate surface area is 135 Å². The summed E-state index contributed by atoms with van der Waals surface area (Å²) in [5.74, 6) is -1.48. The molecule has 0 saturated heterocycles. The average Bonchev–Trinajstić information content (AvgIpc) is 2.91. The second kappa shape index (κ2) is 5.70. The molecule has 3 rings (SSSR count). The summed E-state index contributed by atoms with van der Waals surface area (Å²) in [7, 11) is 0. The van der Waals surface area contributed by atoms with Gasteiger partial charge >= 0.3 is 6.18 Å². The number of fused-ring (bicyclic) bond motifs is 1. The molecule has 1 aliphatic rings. The SMILES string of the molecule is Cc1nc(C(F)(F)F)nc(-c2cc(F)cc3c2O[C@@H](CN)C3)c1C. The molecule has 0 saturated carbocycles. The number of halogens is 4. The van der Waals surface area contributed by atoms with Crippen LogP contribution in [0.1, 0.15) is 22.6 Å². The number of aromatic nitrogens is 2. The van der Waals surface area contributed by atoms with E-state index in [4.69, 9.17) is 10.5 Å². The summed E-state index contributed by atoms with van der Waals surface area (Å²) in [6.45, 7) is 3.28. The lowest BCUT2D eigenvalue weighted by atomic mass is 10.0. The second-order valence-electron chi connectivity index (χ2n) is 5.73. The Morgan fingerprint density at radius 3 is 2.58 bits per heavy atom. The zero-order chi connectivity index (χ0) is 17.6. The number of rotatable bonds is 2. The molecule has 0 bridgehead atoms. The summed E-state index contributed by atoms with van der Waals surface area (Å²) >= 11 is 0. The van der Waals surface area contributed by atoms with Crippen LogP contribution < -0.4 is 10.5 Å². The molecule has 1 aromatic carbocycles. The van der Waals surface area contributed by atoms with Gasteiger partial charge in [-0.05, 0) is 31.5 Å². The van der Waals surface area contributed by atoms with Crippen molar-refractivity contribution in [3.63, 3.8) is 0 Å². The third-order valence-corrected chi connectivity index (χ3v) is 4.02. The highest BCUT2D eigenvalue weighted by atomic mass is 19.4. The van der Waals surface area contributed by atoms with Crippen molar-refractivity contribution in [2.45, 2.75) is 32.5 Å². The molecule has 2 N–H and O–H groups in total. The van der Waals surface area contributed by atoms with Crippen molar-refractivity contribution in [1.82, 2.24) is 9.97 Å². The summed E-state index contributed by atoms with van der Waals surface area (Å²) in [5, 5.41) is 0. The Morgan fingerprint density at radius 2 is 1.96 bits per heavy atom. The number of nitrogens with zero attached hydrogens (tertiary/aromatic N) is 2. The molecule has 2 aromatic rings. The largest absolute Gasteiger partial charge is 0.488 e. The van der Waals surface area contributed by atoms with Gasteiger partial charge in [0.1, 0.15) is 17.7 Å². The van der Waals surface area contributed by atoms with Crippen LogP contribution in [-0.2, 0) is 12.6 Å². The Bertz CT molecular complexity index is 805. The molecule has 24 heavy (non-hydrogen) atoms. The highest BCUT2D eigenvalue weighted by Crippen LogP contribution is 2.41. The number of ether oxygens (including phenoxy) is 1. The van der Waals surface area contributed by atoms with Gasteiger partial charge in [0.05, 0.1) is 5.69 Å². The zero-order valence-electron chi connectivity index (χ0n) is 13.0. The minimum absolute atomic E-state index is 0.0169. The fourth-order valence-electron chi connectivity index (χ4n) is 2.72. The maximum atomic E-state index is 14.0. The van der Waals surface area contributed by atoms with Crippen molar-refractivity contribution in [1.29, 1.82) is 0 Å². The number of hydrogen-bond acceptors (Lipinski definition) is 4. The summed E-state index contributed by atoms with van der Waals surface area (Å²) in [5.41, 5.74) is 6.98. The summed E-state index contributed by atoms with van der Waals surface area (Å²) in [4.78, 5) is 7.12. The molecule has 2 heterocycles. The van der Waals surface area contributed by atoms with E-state index in [1.807, 2.05) is 0 Å². The van der Waals surface area contributed by atoms with Gasteiger partial charge in [-0.15, -0.1) is 0 Å². The first-order chi connectivity index (χ1) is 11.2. The summed E-state index contributed by atoms with van der Waals surface area (Å²) in [6, 6.07) is 2.44. The van der Waals surface area contributed by atoms with Crippen molar-refractivity contribution in [3.05, 3.63) is 40.6 Å². The molecule has 0 unspecified atom stereocenters. The molecule has 1 aromatic heterocycles. The molecule has 0 spiro atoms. The highest BCUT2D eigenvalue weighted by Gasteiger charge is 2.36. The van der Waals surface area contributed by atoms with Crippen molar-refractivity contribution < 1.29 is 22.3 Å². The molecular weight excluding hydrogens is 326 g/mol. The minimum atomic E-state index is -4.69. The van der Waals surface area contributed by atoms with Gasteiger partial charge in [0.25, 0.3) is 0 Å². The van der Waals surface area contributed by atoms with E-state index < -0.39 is 17.8 Å². The van der Waals surface area contributed by atoms with Gasteiger partial charge < -0.3 is 10.5 Å². The van der Waals surface area contributed by atoms with Gasteiger partial charge in [-0.3, -0.25) is 0 Å². The lowest BCUT2D eigenvalue weighted by molar-refractivity contribution is -0.145. The molecule has 0 fully saturated rings. The fraction of sp³-hybridized carbons (Fsp3) is 0.375. The van der Waals surface area contributed by atoms with Crippen LogP contribution in [0.5, 0.6) is 5.75 Å². The third-order valence-electron chi connectivity index (χ3n) is 4.02. The van der Waals surface area contributed by atoms with Gasteiger partial charge in [0.2, 0.25) is 5.82 Å². The van der Waals surface area contributed by atoms with Crippen LogP contribution in [0.15, 0.2) is 12.1 Å². The minimum Gasteiger partial charge on any atom is -0.488 e. The molecule has 4 nitrogen and oxygen atoms in total. The second-order valence-corrected chi connectivity index (χ2v) is 5.73. The van der Waals surface area contributed by atoms with E-state index in [2.05, 4.69) is 9.97 Å². The van der Waals surface area contributed by atoms with Gasteiger partial charge in [-0.2, -0.15) is 13.2 Å². The smallest absolute Gasteiger partial charge is 0.451 e. The topological polar surface area (TPSA) is 61.0 Å². The maximum Gasteiger partial charge on any atom is 0.451 e. The molecule has 1 aliphatic heterocycles. The van der Waals surface area contributed by atoms with E-state index in [1.54, 1.807) is 6.92 Å². The number of hydrogen-bond donors (Lipinski definition) is 1. The molecular formula is C16H15F4N3O. The van der Waals surface area contributed by atoms with Gasteiger partial charge in [0.15, 0.2) is 0 Å². The van der Waals surface area contributed by atoms with E-state index in [9.17, 15) is 17.6 Å². The molecule has 128 valence electrons. The third kappa shape index (κ3) is 2.82. The van der Waals surface area contributed by atoms with E-state index in [0.29, 0.717) is 23.3 Å². The van der Waals surface area contributed by atoms with Crippen LogP contribution in [-0.4, -0.2) is 22.6 Å². The highest BCUT2D eigenvalue weighted by molar-refractivity contribution is 5.73. The molecule has 0 radical (unpaired) electrons. The van der Waals surface area contributed by atoms with E-state index in [-0.39, 0.29) is 29.6 Å². The van der Waals surface area contributed by atoms with Crippen LogP contribution in [0.2, 0.25) is 0 Å². The van der Waals surface area contributed by atoms with Gasteiger partial charge in [-0.25, -0.2) is 14.4 Å². The molecule has 0 amide bonds. The first-order valence-electron chi connectivity index (χ1n) is 7.32. The Balaban J connectivity index is 2.23. The van der Waals surface area contributed by atoms with Gasteiger partial charge in [0, 0.05) is 29.8 Å². The lowest BCUT2D eigenvalue weighted by Crippen LogP contribution is -2.24. The Morgan fingerprint density at radius 1 is 1.25 bits per heavy atom. The van der Waals surface area contributed by atoms with Gasteiger partial charge in [-0.1, -0.05) is 0 Å². The number of aryl methyl sites for hydroxylation is 1. The van der Waals surface area contributed by atoms with E-state index in [0.717, 1.165) is 6.07 Å². The lowest BCUT2D eigenvalue weighted by Gasteiger charge is -2.15. The van der Waals surface area contributed by atoms with Crippen LogP contribution >= 0.6 is 0 Å². The van der Waals surface area contributed by atoms with Crippen LogP contribution in [0.25, 0.3) is 11.3 Å². The Kier molecular flexibility index (Phi) is 3.95. The summed E-state index contributed by atoms with van der Waals surface area (Å²) < 4.78 is 58.7. The van der Waals surface area contributed by atoms with Crippen molar-refractivity contribution in [2.75, 3.05) is 6.54 Å². The van der Waals surface area contributed by atoms with Crippen LogP contribution in [0, 0.1) is 19.7 Å². The number of alkyl halides is 3. The van der Waals surface area contributed by atoms with E-state index >= 15 is 0 Å². The number of benzene rings is 1. The van der Waals surface area contributed by atoms with Crippen LogP contribution in [0.4, 0.5) is 17.6 Å². The number of nitrogens with two attached hydrogens (primary N) is 1. The molecule has 8 heteroatoms. The first kappa shape index (κ1) is 16.6. The normalized spacial score (nSPS) is 16.9. The van der Waals surface area contributed by atoms with E-state index in [1.165, 1.54) is 13.0 Å². The van der Waals surface area contributed by atoms with Crippen LogP contribution in [0.3, 0.4) is 0 Å². The standard InChI is InChI=1S/C16H15F4N3O/c1-7-8(2)22-15(16(18,19)20)23-13(7)12-5-10(17)3-9-4-11(6-21)24-14(9)12/h3,5,11H,4,6,21H2,1-2H3/t11-/m1/s1. The van der Waals surface area contributed by atoms with Crippen molar-refractivity contribution in [3.8, 4) is 17.0 Å².